The normalized spacial score (nSPS) is 14.0. The van der Waals surface area contributed by atoms with Crippen LogP contribution in [0.15, 0.2) is 67.3 Å². The highest BCUT2D eigenvalue weighted by atomic mass is 16.5. The van der Waals surface area contributed by atoms with E-state index in [-0.39, 0.29) is 0 Å². The van der Waals surface area contributed by atoms with E-state index in [4.69, 9.17) is 15.6 Å². The Morgan fingerprint density at radius 2 is 1.77 bits per heavy atom. The maximum atomic E-state index is 5.98. The Balaban J connectivity index is 1.17. The summed E-state index contributed by atoms with van der Waals surface area (Å²) in [7, 11) is 0. The second-order valence-electron chi connectivity index (χ2n) is 8.65. The van der Waals surface area contributed by atoms with Gasteiger partial charge in [-0.1, -0.05) is 18.2 Å². The summed E-state index contributed by atoms with van der Waals surface area (Å²) in [6.07, 6.45) is 7.48. The highest BCUT2D eigenvalue weighted by Gasteiger charge is 2.13. The second kappa shape index (κ2) is 9.19. The summed E-state index contributed by atoms with van der Waals surface area (Å²) in [6.45, 7) is 4.54. The fourth-order valence-corrected chi connectivity index (χ4v) is 4.44. The number of aromatic nitrogens is 5. The van der Waals surface area contributed by atoms with Gasteiger partial charge >= 0.3 is 0 Å². The van der Waals surface area contributed by atoms with Crippen LogP contribution >= 0.6 is 0 Å². The standard InChI is InChI=1S/C26H26N8O/c27-25-21-3-1-18(13-20(21)5-7-28-25)14-31-26-22-17-34(32-23(22)6-8-29-26)16-19-2-4-24(30-15-19)33-9-11-35-12-10-33/h1-8,13,15,17H,9-12,14,16H2,(H2,27,28)(H,29,31). The van der Waals surface area contributed by atoms with Crippen LogP contribution in [0.1, 0.15) is 11.1 Å². The Labute approximate surface area is 202 Å². The van der Waals surface area contributed by atoms with Crippen LogP contribution in [0.5, 0.6) is 0 Å². The number of anilines is 3. The molecule has 176 valence electrons. The highest BCUT2D eigenvalue weighted by Crippen LogP contribution is 2.23. The summed E-state index contributed by atoms with van der Waals surface area (Å²) in [5, 5.41) is 11.2. The molecule has 0 bridgehead atoms. The van der Waals surface area contributed by atoms with E-state index in [0.29, 0.717) is 18.9 Å². The average molecular weight is 467 g/mol. The summed E-state index contributed by atoms with van der Waals surface area (Å²) in [4.78, 5) is 15.6. The summed E-state index contributed by atoms with van der Waals surface area (Å²) >= 11 is 0. The van der Waals surface area contributed by atoms with Crippen molar-refractivity contribution in [1.29, 1.82) is 0 Å². The Hall–Kier alpha value is -4.24. The van der Waals surface area contributed by atoms with Gasteiger partial charge in [-0.05, 0) is 40.8 Å². The Kier molecular flexibility index (Phi) is 5.59. The third kappa shape index (κ3) is 4.45. The van der Waals surface area contributed by atoms with Gasteiger partial charge in [0.2, 0.25) is 0 Å². The largest absolute Gasteiger partial charge is 0.383 e. The fraction of sp³-hybridized carbons (Fsp3) is 0.231. The van der Waals surface area contributed by atoms with E-state index in [1.165, 1.54) is 0 Å². The molecule has 0 aliphatic carbocycles. The van der Waals surface area contributed by atoms with Crippen molar-refractivity contribution in [3.63, 3.8) is 0 Å². The first kappa shape index (κ1) is 21.3. The zero-order valence-corrected chi connectivity index (χ0v) is 19.3. The molecule has 0 atom stereocenters. The number of nitrogens with one attached hydrogen (secondary N) is 1. The highest BCUT2D eigenvalue weighted by molar-refractivity contribution is 5.91. The van der Waals surface area contributed by atoms with Crippen LogP contribution in [0.3, 0.4) is 0 Å². The Morgan fingerprint density at radius 3 is 2.63 bits per heavy atom. The van der Waals surface area contributed by atoms with E-state index in [0.717, 1.165) is 70.7 Å². The third-order valence-electron chi connectivity index (χ3n) is 6.29. The lowest BCUT2D eigenvalue weighted by atomic mass is 10.1. The van der Waals surface area contributed by atoms with E-state index in [1.807, 2.05) is 35.3 Å². The number of rotatable bonds is 6. The number of nitrogen functional groups attached to an aromatic ring is 1. The molecular formula is C26H26N8O. The van der Waals surface area contributed by atoms with Gasteiger partial charge in [0.25, 0.3) is 0 Å². The molecule has 0 amide bonds. The summed E-state index contributed by atoms with van der Waals surface area (Å²) in [5.41, 5.74) is 9.12. The fourth-order valence-electron chi connectivity index (χ4n) is 4.44. The lowest BCUT2D eigenvalue weighted by molar-refractivity contribution is 0.122. The molecule has 6 rings (SSSR count). The SMILES string of the molecule is Nc1nccc2cc(CNc3nccc4nn(Cc5ccc(N6CCOCC6)nc5)cc34)ccc12. The van der Waals surface area contributed by atoms with Crippen LogP contribution in [-0.4, -0.2) is 51.0 Å². The molecule has 0 spiro atoms. The molecular weight excluding hydrogens is 440 g/mol. The van der Waals surface area contributed by atoms with Crippen LogP contribution in [0.25, 0.3) is 21.7 Å². The van der Waals surface area contributed by atoms with Crippen molar-refractivity contribution in [3.05, 3.63) is 78.4 Å². The van der Waals surface area contributed by atoms with Gasteiger partial charge in [-0.15, -0.1) is 0 Å². The molecule has 5 heterocycles. The van der Waals surface area contributed by atoms with Gasteiger partial charge in [-0.2, -0.15) is 5.10 Å². The molecule has 1 aliphatic heterocycles. The predicted molar refractivity (Wildman–Crippen MR) is 137 cm³/mol. The first-order valence-electron chi connectivity index (χ1n) is 11.7. The molecule has 9 heteroatoms. The van der Waals surface area contributed by atoms with Gasteiger partial charge in [0.1, 0.15) is 17.5 Å². The molecule has 1 aliphatic rings. The molecule has 0 radical (unpaired) electrons. The molecule has 5 aromatic rings. The average Bonchev–Trinajstić information content (AvgIpc) is 3.31. The van der Waals surface area contributed by atoms with Crippen LogP contribution < -0.4 is 16.0 Å². The van der Waals surface area contributed by atoms with Crippen molar-refractivity contribution in [2.75, 3.05) is 42.3 Å². The Bertz CT molecular complexity index is 1470. The molecule has 0 unspecified atom stereocenters. The first-order valence-corrected chi connectivity index (χ1v) is 11.7. The number of hydrogen-bond donors (Lipinski definition) is 2. The van der Waals surface area contributed by atoms with Gasteiger partial charge < -0.3 is 20.7 Å². The van der Waals surface area contributed by atoms with E-state index >= 15 is 0 Å². The summed E-state index contributed by atoms with van der Waals surface area (Å²) in [5.74, 6) is 2.35. The zero-order chi connectivity index (χ0) is 23.6. The van der Waals surface area contributed by atoms with Crippen LogP contribution in [0, 0.1) is 0 Å². The number of fused-ring (bicyclic) bond motifs is 2. The van der Waals surface area contributed by atoms with E-state index < -0.39 is 0 Å². The maximum absolute atomic E-state index is 5.98. The minimum atomic E-state index is 0.548. The molecule has 35 heavy (non-hydrogen) atoms. The number of benzene rings is 1. The smallest absolute Gasteiger partial charge is 0.137 e. The molecule has 1 fully saturated rings. The van der Waals surface area contributed by atoms with Gasteiger partial charge in [0.05, 0.1) is 30.7 Å². The van der Waals surface area contributed by atoms with E-state index in [1.54, 1.807) is 12.4 Å². The predicted octanol–water partition coefficient (Wildman–Crippen LogP) is 3.45. The number of morpholine rings is 1. The van der Waals surface area contributed by atoms with Gasteiger partial charge in [-0.25, -0.2) is 15.0 Å². The number of hydrogen-bond acceptors (Lipinski definition) is 8. The minimum absolute atomic E-state index is 0.548. The van der Waals surface area contributed by atoms with Crippen LogP contribution in [-0.2, 0) is 17.8 Å². The number of nitrogens with zero attached hydrogens (tertiary/aromatic N) is 6. The van der Waals surface area contributed by atoms with Gasteiger partial charge in [0.15, 0.2) is 0 Å². The van der Waals surface area contributed by atoms with E-state index in [9.17, 15) is 0 Å². The second-order valence-corrected chi connectivity index (χ2v) is 8.65. The monoisotopic (exact) mass is 466 g/mol. The van der Waals surface area contributed by atoms with Crippen molar-refractivity contribution in [1.82, 2.24) is 24.7 Å². The topological polar surface area (TPSA) is 107 Å². The Morgan fingerprint density at radius 1 is 0.914 bits per heavy atom. The van der Waals surface area contributed by atoms with Crippen LogP contribution in [0.4, 0.5) is 17.5 Å². The van der Waals surface area contributed by atoms with Crippen LogP contribution in [0.2, 0.25) is 0 Å². The van der Waals surface area contributed by atoms with Crippen molar-refractivity contribution in [2.24, 2.45) is 0 Å². The lowest BCUT2D eigenvalue weighted by Crippen LogP contribution is -2.36. The molecule has 1 saturated heterocycles. The first-order chi connectivity index (χ1) is 17.2. The van der Waals surface area contributed by atoms with E-state index in [2.05, 4.69) is 49.4 Å². The van der Waals surface area contributed by atoms with Crippen molar-refractivity contribution < 1.29 is 4.74 Å². The number of nitrogens with two attached hydrogens (primary N) is 1. The molecule has 9 nitrogen and oxygen atoms in total. The quantitative estimate of drug-likeness (QED) is 0.392. The minimum Gasteiger partial charge on any atom is -0.383 e. The van der Waals surface area contributed by atoms with Gasteiger partial charge in [-0.3, -0.25) is 4.68 Å². The molecule has 3 N–H and O–H groups in total. The molecule has 4 aromatic heterocycles. The zero-order valence-electron chi connectivity index (χ0n) is 19.3. The third-order valence-corrected chi connectivity index (χ3v) is 6.29. The number of pyridine rings is 3. The van der Waals surface area contributed by atoms with Crippen molar-refractivity contribution in [2.45, 2.75) is 13.1 Å². The van der Waals surface area contributed by atoms with Crippen molar-refractivity contribution >= 4 is 39.1 Å². The maximum Gasteiger partial charge on any atom is 0.137 e. The summed E-state index contributed by atoms with van der Waals surface area (Å²) < 4.78 is 7.37. The summed E-state index contributed by atoms with van der Waals surface area (Å²) in [6, 6.07) is 14.3. The number of ether oxygens (including phenoxy) is 1. The van der Waals surface area contributed by atoms with Gasteiger partial charge in [0, 0.05) is 49.8 Å². The lowest BCUT2D eigenvalue weighted by Gasteiger charge is -2.27. The molecule has 1 aromatic carbocycles. The molecule has 0 saturated carbocycles. The van der Waals surface area contributed by atoms with Crippen molar-refractivity contribution in [3.8, 4) is 0 Å².